The molecule has 96 valence electrons. The van der Waals surface area contributed by atoms with Crippen molar-refractivity contribution < 1.29 is 4.74 Å². The van der Waals surface area contributed by atoms with Crippen molar-refractivity contribution in [2.75, 3.05) is 46.9 Å². The van der Waals surface area contributed by atoms with E-state index in [1.165, 1.54) is 13.0 Å². The van der Waals surface area contributed by atoms with Crippen LogP contribution >= 0.6 is 0 Å². The Labute approximate surface area is 99.7 Å². The molecule has 0 aliphatic carbocycles. The highest BCUT2D eigenvalue weighted by molar-refractivity contribution is 4.85. The van der Waals surface area contributed by atoms with E-state index in [9.17, 15) is 0 Å². The molecule has 0 aromatic rings. The molecule has 0 saturated carbocycles. The van der Waals surface area contributed by atoms with E-state index in [0.717, 1.165) is 26.1 Å². The van der Waals surface area contributed by atoms with Crippen LogP contribution in [0.2, 0.25) is 0 Å². The predicted molar refractivity (Wildman–Crippen MR) is 67.6 cm³/mol. The molecule has 4 heteroatoms. The molecule has 2 atom stereocenters. The minimum atomic E-state index is 0.122. The highest BCUT2D eigenvalue weighted by atomic mass is 16.5. The van der Waals surface area contributed by atoms with E-state index in [0.29, 0.717) is 12.6 Å². The van der Waals surface area contributed by atoms with E-state index in [4.69, 9.17) is 10.5 Å². The lowest BCUT2D eigenvalue weighted by Gasteiger charge is -2.32. The van der Waals surface area contributed by atoms with Gasteiger partial charge in [-0.3, -0.25) is 0 Å². The second-order valence-electron chi connectivity index (χ2n) is 4.90. The van der Waals surface area contributed by atoms with Gasteiger partial charge in [0.25, 0.3) is 0 Å². The van der Waals surface area contributed by atoms with Gasteiger partial charge in [-0.05, 0) is 40.0 Å². The molecule has 2 unspecified atom stereocenters. The topological polar surface area (TPSA) is 41.7 Å². The van der Waals surface area contributed by atoms with Gasteiger partial charge in [-0.15, -0.1) is 0 Å². The molecule has 0 spiro atoms. The van der Waals surface area contributed by atoms with Crippen LogP contribution in [0.3, 0.4) is 0 Å². The Hall–Kier alpha value is -0.160. The largest absolute Gasteiger partial charge is 0.380 e. The Morgan fingerprint density at radius 3 is 2.81 bits per heavy atom. The van der Waals surface area contributed by atoms with Gasteiger partial charge in [0, 0.05) is 25.2 Å². The summed E-state index contributed by atoms with van der Waals surface area (Å²) in [5.74, 6) is 0. The molecule has 0 aromatic carbocycles. The van der Waals surface area contributed by atoms with Gasteiger partial charge in [0.15, 0.2) is 0 Å². The van der Waals surface area contributed by atoms with Gasteiger partial charge >= 0.3 is 0 Å². The second kappa shape index (κ2) is 7.22. The number of hydrogen-bond donors (Lipinski definition) is 1. The van der Waals surface area contributed by atoms with Crippen LogP contribution in [0.5, 0.6) is 0 Å². The SMILES string of the molecule is CCCOCC(N)C1CN(C)CCCN1C. The number of nitrogens with two attached hydrogens (primary N) is 1. The maximum absolute atomic E-state index is 6.22. The number of nitrogens with zero attached hydrogens (tertiary/aromatic N) is 2. The van der Waals surface area contributed by atoms with Gasteiger partial charge in [-0.1, -0.05) is 6.92 Å². The molecular formula is C12H27N3O. The summed E-state index contributed by atoms with van der Waals surface area (Å²) in [7, 11) is 4.34. The van der Waals surface area contributed by atoms with Crippen LogP contribution in [0.15, 0.2) is 0 Å². The van der Waals surface area contributed by atoms with E-state index in [1.54, 1.807) is 0 Å². The number of ether oxygens (including phenoxy) is 1. The van der Waals surface area contributed by atoms with Crippen molar-refractivity contribution >= 4 is 0 Å². The van der Waals surface area contributed by atoms with Crippen molar-refractivity contribution in [2.24, 2.45) is 5.73 Å². The van der Waals surface area contributed by atoms with E-state index in [-0.39, 0.29) is 6.04 Å². The lowest BCUT2D eigenvalue weighted by Crippen LogP contribution is -2.52. The molecule has 0 radical (unpaired) electrons. The summed E-state index contributed by atoms with van der Waals surface area (Å²) >= 11 is 0. The molecule has 1 aliphatic rings. The maximum Gasteiger partial charge on any atom is 0.0633 e. The Kier molecular flexibility index (Phi) is 6.28. The van der Waals surface area contributed by atoms with E-state index < -0.39 is 0 Å². The summed E-state index contributed by atoms with van der Waals surface area (Å²) in [6, 6.07) is 0.543. The fourth-order valence-electron chi connectivity index (χ4n) is 2.24. The smallest absolute Gasteiger partial charge is 0.0633 e. The molecule has 1 aliphatic heterocycles. The molecule has 0 bridgehead atoms. The quantitative estimate of drug-likeness (QED) is 0.692. The first-order valence-corrected chi connectivity index (χ1v) is 6.37. The number of likely N-dealkylation sites (N-methyl/N-ethyl adjacent to an activating group) is 2. The minimum Gasteiger partial charge on any atom is -0.380 e. The minimum absolute atomic E-state index is 0.122. The van der Waals surface area contributed by atoms with E-state index in [2.05, 4.69) is 30.8 Å². The lowest BCUT2D eigenvalue weighted by atomic mass is 10.1. The summed E-state index contributed by atoms with van der Waals surface area (Å²) in [5, 5.41) is 0. The van der Waals surface area contributed by atoms with Crippen molar-refractivity contribution in [3.05, 3.63) is 0 Å². The first-order chi connectivity index (χ1) is 7.65. The van der Waals surface area contributed by atoms with Gasteiger partial charge in [0.05, 0.1) is 6.61 Å². The van der Waals surface area contributed by atoms with Crippen molar-refractivity contribution in [1.29, 1.82) is 0 Å². The van der Waals surface area contributed by atoms with Crippen LogP contribution in [0, 0.1) is 0 Å². The van der Waals surface area contributed by atoms with Crippen LogP contribution in [0.25, 0.3) is 0 Å². The molecule has 1 heterocycles. The molecule has 1 saturated heterocycles. The Morgan fingerprint density at radius 1 is 1.38 bits per heavy atom. The summed E-state index contributed by atoms with van der Waals surface area (Å²) in [6.07, 6.45) is 2.29. The fraction of sp³-hybridized carbons (Fsp3) is 1.00. The van der Waals surface area contributed by atoms with Crippen molar-refractivity contribution in [1.82, 2.24) is 9.80 Å². The predicted octanol–water partition coefficient (Wildman–Crippen LogP) is 0.376. The van der Waals surface area contributed by atoms with E-state index >= 15 is 0 Å². The van der Waals surface area contributed by atoms with Crippen molar-refractivity contribution in [2.45, 2.75) is 31.8 Å². The zero-order valence-corrected chi connectivity index (χ0v) is 11.0. The van der Waals surface area contributed by atoms with Gasteiger partial charge in [0.2, 0.25) is 0 Å². The number of hydrogen-bond acceptors (Lipinski definition) is 4. The van der Waals surface area contributed by atoms with Crippen LogP contribution in [0.4, 0.5) is 0 Å². The van der Waals surface area contributed by atoms with Gasteiger partial charge in [-0.2, -0.15) is 0 Å². The monoisotopic (exact) mass is 229 g/mol. The first-order valence-electron chi connectivity index (χ1n) is 6.37. The van der Waals surface area contributed by atoms with Gasteiger partial charge in [-0.25, -0.2) is 0 Å². The second-order valence-corrected chi connectivity index (χ2v) is 4.90. The lowest BCUT2D eigenvalue weighted by molar-refractivity contribution is 0.0851. The number of rotatable bonds is 5. The third-order valence-corrected chi connectivity index (χ3v) is 3.27. The van der Waals surface area contributed by atoms with Gasteiger partial charge in [0.1, 0.15) is 0 Å². The normalized spacial score (nSPS) is 26.6. The highest BCUT2D eigenvalue weighted by Gasteiger charge is 2.25. The highest BCUT2D eigenvalue weighted by Crippen LogP contribution is 2.09. The Balaban J connectivity index is 2.40. The Morgan fingerprint density at radius 2 is 2.12 bits per heavy atom. The molecule has 16 heavy (non-hydrogen) atoms. The zero-order chi connectivity index (χ0) is 12.0. The van der Waals surface area contributed by atoms with Crippen molar-refractivity contribution in [3.8, 4) is 0 Å². The average Bonchev–Trinajstić information content (AvgIpc) is 2.41. The fourth-order valence-corrected chi connectivity index (χ4v) is 2.24. The summed E-state index contributed by atoms with van der Waals surface area (Å²) in [5.41, 5.74) is 6.22. The molecule has 4 nitrogen and oxygen atoms in total. The third-order valence-electron chi connectivity index (χ3n) is 3.27. The van der Waals surface area contributed by atoms with E-state index in [1.807, 2.05) is 0 Å². The summed E-state index contributed by atoms with van der Waals surface area (Å²) in [4.78, 5) is 4.75. The molecule has 0 aromatic heterocycles. The molecule has 0 amide bonds. The van der Waals surface area contributed by atoms with Crippen molar-refractivity contribution in [3.63, 3.8) is 0 Å². The molecule has 1 fully saturated rings. The average molecular weight is 229 g/mol. The zero-order valence-electron chi connectivity index (χ0n) is 11.0. The standard InChI is InChI=1S/C12H27N3O/c1-4-8-16-10-11(13)12-9-14(2)6-5-7-15(12)3/h11-12H,4-10,13H2,1-3H3. The Bertz CT molecular complexity index is 189. The van der Waals surface area contributed by atoms with Crippen LogP contribution in [0.1, 0.15) is 19.8 Å². The summed E-state index contributed by atoms with van der Waals surface area (Å²) in [6.45, 7) is 6.97. The molecule has 1 rings (SSSR count). The summed E-state index contributed by atoms with van der Waals surface area (Å²) < 4.78 is 5.55. The van der Waals surface area contributed by atoms with Crippen LogP contribution in [-0.4, -0.2) is 68.8 Å². The van der Waals surface area contributed by atoms with Crippen LogP contribution in [-0.2, 0) is 4.74 Å². The van der Waals surface area contributed by atoms with Crippen LogP contribution < -0.4 is 5.73 Å². The first kappa shape index (κ1) is 13.9. The molecular weight excluding hydrogens is 202 g/mol. The molecule has 2 N–H and O–H groups in total. The third kappa shape index (κ3) is 4.37. The maximum atomic E-state index is 6.22. The van der Waals surface area contributed by atoms with Gasteiger partial charge < -0.3 is 20.3 Å².